The van der Waals surface area contributed by atoms with Crippen LogP contribution in [-0.4, -0.2) is 60.8 Å². The Bertz CT molecular complexity index is 2080. The van der Waals surface area contributed by atoms with Gasteiger partial charge in [0.25, 0.3) is 11.8 Å². The smallest absolute Gasteiger partial charge is 0.410 e. The van der Waals surface area contributed by atoms with Crippen LogP contribution in [0.25, 0.3) is 6.08 Å². The molecule has 0 aliphatic carbocycles. The Hall–Kier alpha value is -5.78. The average Bonchev–Trinajstić information content (AvgIpc) is 3.49. The average molecular weight is 754 g/mol. The number of anilines is 2. The zero-order chi connectivity index (χ0) is 38.1. The molecular formula is C39H39N5O7S2. The van der Waals surface area contributed by atoms with E-state index in [4.69, 9.17) is 14.2 Å². The molecule has 0 bridgehead atoms. The van der Waals surface area contributed by atoms with Crippen molar-refractivity contribution in [2.24, 2.45) is 0 Å². The lowest BCUT2D eigenvalue weighted by Crippen LogP contribution is -2.39. The van der Waals surface area contributed by atoms with E-state index in [1.54, 1.807) is 77.7 Å². The number of thioether (sulfide) groups is 1. The number of nitrogens with zero attached hydrogens (tertiary/aromatic N) is 2. The molecule has 0 unspecified atom stereocenters. The number of amides is 4. The molecule has 1 aliphatic rings. The van der Waals surface area contributed by atoms with Gasteiger partial charge < -0.3 is 35.1 Å². The number of benzene rings is 3. The van der Waals surface area contributed by atoms with Crippen molar-refractivity contribution in [3.8, 4) is 17.6 Å². The summed E-state index contributed by atoms with van der Waals surface area (Å²) in [6, 6.07) is 22.8. The number of ether oxygens (including phenoxy) is 3. The van der Waals surface area contributed by atoms with Gasteiger partial charge in [0.1, 0.15) is 33.9 Å². The minimum absolute atomic E-state index is 0.0305. The number of hydrogen-bond acceptors (Lipinski definition) is 10. The van der Waals surface area contributed by atoms with E-state index in [0.29, 0.717) is 63.3 Å². The highest BCUT2D eigenvalue weighted by atomic mass is 32.2. The van der Waals surface area contributed by atoms with Crippen LogP contribution in [0.1, 0.15) is 52.7 Å². The molecule has 2 heterocycles. The fraction of sp³-hybridized carbons (Fsp3) is 0.256. The minimum Gasteiger partial charge on any atom is -0.497 e. The Kier molecular flexibility index (Phi) is 12.4. The van der Waals surface area contributed by atoms with Crippen molar-refractivity contribution < 1.29 is 33.4 Å². The summed E-state index contributed by atoms with van der Waals surface area (Å²) < 4.78 is 16.3. The summed E-state index contributed by atoms with van der Waals surface area (Å²) in [6.45, 7) is 6.13. The molecular weight excluding hydrogens is 715 g/mol. The molecule has 4 aromatic rings. The van der Waals surface area contributed by atoms with Crippen LogP contribution in [0.2, 0.25) is 0 Å². The van der Waals surface area contributed by atoms with Gasteiger partial charge in [0.05, 0.1) is 32.1 Å². The first-order valence-corrected chi connectivity index (χ1v) is 18.3. The number of methoxy groups -OCH3 is 2. The monoisotopic (exact) mass is 753 g/mol. The van der Waals surface area contributed by atoms with E-state index in [1.165, 1.54) is 43.4 Å². The van der Waals surface area contributed by atoms with E-state index >= 15 is 0 Å². The molecule has 274 valence electrons. The lowest BCUT2D eigenvalue weighted by Gasteiger charge is -2.29. The van der Waals surface area contributed by atoms with Crippen molar-refractivity contribution >= 4 is 63.7 Å². The lowest BCUT2D eigenvalue weighted by atomic mass is 10.0. The SMILES string of the molecule is COc1ccc(OC)c(/C=C(/NC(=O)c2ccccc2)C(=O)Nc2cccc(SCC(=O)Nc3sc4c(c3C#N)CCN(C(=O)OC(C)(C)C)C4)c2)c1. The highest BCUT2D eigenvalue weighted by Crippen LogP contribution is 2.37. The summed E-state index contributed by atoms with van der Waals surface area (Å²) in [7, 11) is 3.03. The van der Waals surface area contributed by atoms with Crippen molar-refractivity contribution in [1.29, 1.82) is 5.26 Å². The van der Waals surface area contributed by atoms with Crippen molar-refractivity contribution in [3.05, 3.63) is 106 Å². The largest absolute Gasteiger partial charge is 0.497 e. The van der Waals surface area contributed by atoms with Gasteiger partial charge in [-0.3, -0.25) is 14.4 Å². The molecule has 0 spiro atoms. The molecule has 3 aromatic carbocycles. The summed E-state index contributed by atoms with van der Waals surface area (Å²) in [4.78, 5) is 55.7. The Morgan fingerprint density at radius 1 is 0.981 bits per heavy atom. The maximum absolute atomic E-state index is 13.7. The maximum atomic E-state index is 13.7. The number of hydrogen-bond donors (Lipinski definition) is 3. The second-order valence-corrected chi connectivity index (χ2v) is 14.9. The Morgan fingerprint density at radius 2 is 1.75 bits per heavy atom. The van der Waals surface area contributed by atoms with Gasteiger partial charge in [-0.05, 0) is 87.4 Å². The number of thiophene rings is 1. The van der Waals surface area contributed by atoms with Crippen LogP contribution in [0.3, 0.4) is 0 Å². The van der Waals surface area contributed by atoms with E-state index in [2.05, 4.69) is 22.0 Å². The van der Waals surface area contributed by atoms with Crippen molar-refractivity contribution in [1.82, 2.24) is 10.2 Å². The van der Waals surface area contributed by atoms with Gasteiger partial charge in [-0.15, -0.1) is 23.1 Å². The van der Waals surface area contributed by atoms with Gasteiger partial charge in [-0.25, -0.2) is 4.79 Å². The highest BCUT2D eigenvalue weighted by molar-refractivity contribution is 8.00. The number of nitrogens with one attached hydrogen (secondary N) is 3. The topological polar surface area (TPSA) is 159 Å². The molecule has 0 radical (unpaired) electrons. The summed E-state index contributed by atoms with van der Waals surface area (Å²) in [6.07, 6.45) is 1.57. The molecule has 14 heteroatoms. The van der Waals surface area contributed by atoms with Gasteiger partial charge >= 0.3 is 6.09 Å². The second-order valence-electron chi connectivity index (χ2n) is 12.8. The molecule has 1 aliphatic heterocycles. The third-order valence-electron chi connectivity index (χ3n) is 7.80. The number of nitriles is 1. The van der Waals surface area contributed by atoms with Gasteiger partial charge in [0, 0.05) is 33.1 Å². The third-order valence-corrected chi connectivity index (χ3v) is 9.93. The molecule has 0 atom stereocenters. The van der Waals surface area contributed by atoms with E-state index in [0.717, 1.165) is 10.4 Å². The predicted octanol–water partition coefficient (Wildman–Crippen LogP) is 7.07. The Balaban J connectivity index is 1.26. The van der Waals surface area contributed by atoms with Crippen LogP contribution in [0.5, 0.6) is 11.5 Å². The summed E-state index contributed by atoms with van der Waals surface area (Å²) in [5.41, 5.74) is 1.89. The number of fused-ring (bicyclic) bond motifs is 1. The van der Waals surface area contributed by atoms with E-state index in [9.17, 15) is 24.4 Å². The van der Waals surface area contributed by atoms with Gasteiger partial charge in [0.2, 0.25) is 5.91 Å². The van der Waals surface area contributed by atoms with Crippen LogP contribution >= 0.6 is 23.1 Å². The zero-order valence-electron chi connectivity index (χ0n) is 29.9. The second kappa shape index (κ2) is 17.2. The summed E-state index contributed by atoms with van der Waals surface area (Å²) in [5.74, 6) is -0.347. The molecule has 53 heavy (non-hydrogen) atoms. The highest BCUT2D eigenvalue weighted by Gasteiger charge is 2.30. The Labute approximate surface area is 316 Å². The van der Waals surface area contributed by atoms with Gasteiger partial charge in [-0.1, -0.05) is 24.3 Å². The standard InChI is InChI=1S/C39H39N5O7S2/c1-39(2,3)51-38(48)44-17-16-29-30(21-40)37(53-33(29)22-44)43-34(45)23-52-28-13-9-12-26(20-28)41-36(47)31(42-35(46)24-10-7-6-8-11-24)19-25-18-27(49-4)14-15-32(25)50-5/h6-15,18-20H,16-17,22-23H2,1-5H3,(H,41,47)(H,42,46)(H,43,45)/b31-19+. The van der Waals surface area contributed by atoms with Crippen LogP contribution in [0.4, 0.5) is 15.5 Å². The van der Waals surface area contributed by atoms with Gasteiger partial charge in [-0.2, -0.15) is 5.26 Å². The minimum atomic E-state index is -0.626. The molecule has 3 N–H and O–H groups in total. The lowest BCUT2D eigenvalue weighted by molar-refractivity contribution is -0.114. The van der Waals surface area contributed by atoms with Crippen LogP contribution in [-0.2, 0) is 27.3 Å². The molecule has 0 fully saturated rings. The normalized spacial score (nSPS) is 12.5. The third kappa shape index (κ3) is 10.2. The number of carbonyl (C=O) groups is 4. The first kappa shape index (κ1) is 38.5. The van der Waals surface area contributed by atoms with Crippen LogP contribution in [0, 0.1) is 11.3 Å². The summed E-state index contributed by atoms with van der Waals surface area (Å²) in [5, 5.41) is 18.8. The quantitative estimate of drug-likeness (QED) is 0.108. The van der Waals surface area contributed by atoms with E-state index in [1.807, 2.05) is 20.8 Å². The number of carbonyl (C=O) groups excluding carboxylic acids is 4. The van der Waals surface area contributed by atoms with Crippen molar-refractivity contribution in [2.45, 2.75) is 44.2 Å². The first-order valence-electron chi connectivity index (χ1n) is 16.5. The van der Waals surface area contributed by atoms with E-state index < -0.39 is 23.5 Å². The van der Waals surface area contributed by atoms with Crippen molar-refractivity contribution in [3.63, 3.8) is 0 Å². The van der Waals surface area contributed by atoms with Gasteiger partial charge in [0.15, 0.2) is 0 Å². The summed E-state index contributed by atoms with van der Waals surface area (Å²) >= 11 is 2.53. The van der Waals surface area contributed by atoms with E-state index in [-0.39, 0.29) is 17.4 Å². The molecule has 5 rings (SSSR count). The molecule has 0 saturated carbocycles. The molecule has 0 saturated heterocycles. The van der Waals surface area contributed by atoms with Crippen molar-refractivity contribution in [2.75, 3.05) is 37.2 Å². The fourth-order valence-electron chi connectivity index (χ4n) is 5.32. The Morgan fingerprint density at radius 3 is 2.45 bits per heavy atom. The first-order chi connectivity index (χ1) is 25.4. The van der Waals surface area contributed by atoms with Crippen LogP contribution < -0.4 is 25.4 Å². The fourth-order valence-corrected chi connectivity index (χ4v) is 7.30. The molecule has 1 aromatic heterocycles. The van der Waals surface area contributed by atoms with Crippen LogP contribution in [0.15, 0.2) is 83.4 Å². The molecule has 12 nitrogen and oxygen atoms in total. The molecule has 4 amide bonds. The zero-order valence-corrected chi connectivity index (χ0v) is 31.5. The maximum Gasteiger partial charge on any atom is 0.410 e. The predicted molar refractivity (Wildman–Crippen MR) is 205 cm³/mol. The number of rotatable bonds is 11.